The van der Waals surface area contributed by atoms with Gasteiger partial charge in [0.15, 0.2) is 0 Å². The van der Waals surface area contributed by atoms with Gasteiger partial charge in [0.25, 0.3) is 0 Å². The molecule has 0 saturated carbocycles. The number of aromatic nitrogens is 2. The van der Waals surface area contributed by atoms with Crippen LogP contribution in [0.1, 0.15) is 45.2 Å². The van der Waals surface area contributed by atoms with Crippen molar-refractivity contribution in [3.8, 4) is 22.9 Å². The van der Waals surface area contributed by atoms with E-state index in [1.54, 1.807) is 0 Å². The van der Waals surface area contributed by atoms with Gasteiger partial charge in [-0.2, -0.15) is 5.10 Å². The Hall–Kier alpha value is -2.67. The molecule has 2 atom stereocenters. The van der Waals surface area contributed by atoms with Crippen LogP contribution in [0.4, 0.5) is 0 Å². The molecule has 0 aliphatic rings. The Morgan fingerprint density at radius 3 is 2.32 bits per heavy atom. The molecule has 0 amide bonds. The van der Waals surface area contributed by atoms with Gasteiger partial charge in [-0.05, 0) is 46.2 Å². The van der Waals surface area contributed by atoms with Crippen molar-refractivity contribution in [2.45, 2.75) is 65.8 Å². The van der Waals surface area contributed by atoms with Crippen molar-refractivity contribution in [1.29, 1.82) is 0 Å². The minimum atomic E-state index is -0.574. The second-order valence-corrected chi connectivity index (χ2v) is 9.26. The highest BCUT2D eigenvalue weighted by Crippen LogP contribution is 2.34. The summed E-state index contributed by atoms with van der Waals surface area (Å²) in [4.78, 5) is 2.29. The Morgan fingerprint density at radius 2 is 1.71 bits per heavy atom. The predicted octanol–water partition coefficient (Wildman–Crippen LogP) is 5.57. The van der Waals surface area contributed by atoms with E-state index in [0.29, 0.717) is 25.6 Å². The highest BCUT2D eigenvalue weighted by molar-refractivity contribution is 5.65. The lowest BCUT2D eigenvalue weighted by Crippen LogP contribution is -2.40. The summed E-state index contributed by atoms with van der Waals surface area (Å²) in [6.45, 7) is 11.8. The summed E-state index contributed by atoms with van der Waals surface area (Å²) in [5, 5.41) is 15.5. The first-order chi connectivity index (χ1) is 16.3. The average molecular weight is 466 g/mol. The molecule has 0 unspecified atom stereocenters. The molecular formula is C28H39N3O3. The summed E-state index contributed by atoms with van der Waals surface area (Å²) in [5.41, 5.74) is 4.13. The van der Waals surface area contributed by atoms with E-state index < -0.39 is 6.10 Å². The summed E-state index contributed by atoms with van der Waals surface area (Å²) in [6.07, 6.45) is 0.478. The molecule has 0 fully saturated rings. The second-order valence-electron chi connectivity index (χ2n) is 9.26. The van der Waals surface area contributed by atoms with E-state index in [0.717, 1.165) is 29.0 Å². The Balaban J connectivity index is 1.97. The van der Waals surface area contributed by atoms with Gasteiger partial charge >= 0.3 is 0 Å². The lowest BCUT2D eigenvalue weighted by Gasteiger charge is -2.31. The minimum Gasteiger partial charge on any atom is -0.439 e. The third-order valence-corrected chi connectivity index (χ3v) is 6.01. The van der Waals surface area contributed by atoms with Crippen molar-refractivity contribution in [2.75, 3.05) is 13.2 Å². The van der Waals surface area contributed by atoms with Crippen LogP contribution in [-0.2, 0) is 18.3 Å². The molecule has 0 bridgehead atoms. The predicted molar refractivity (Wildman–Crippen MR) is 137 cm³/mol. The maximum Gasteiger partial charge on any atom is 0.222 e. The fourth-order valence-electron chi connectivity index (χ4n) is 3.86. The van der Waals surface area contributed by atoms with Crippen molar-refractivity contribution >= 4 is 0 Å². The number of nitrogens with zero attached hydrogens (tertiary/aromatic N) is 3. The van der Waals surface area contributed by atoms with E-state index >= 15 is 0 Å². The van der Waals surface area contributed by atoms with Crippen LogP contribution in [0.5, 0.6) is 11.6 Å². The van der Waals surface area contributed by atoms with Gasteiger partial charge in [-0.3, -0.25) is 4.90 Å². The molecule has 0 saturated heterocycles. The van der Waals surface area contributed by atoms with Gasteiger partial charge < -0.3 is 14.6 Å². The van der Waals surface area contributed by atoms with Crippen LogP contribution in [0, 0.1) is 6.92 Å². The summed E-state index contributed by atoms with van der Waals surface area (Å²) in [5.74, 6) is 1.49. The van der Waals surface area contributed by atoms with Crippen LogP contribution in [-0.4, -0.2) is 51.2 Å². The molecule has 3 aromatic rings. The molecule has 34 heavy (non-hydrogen) atoms. The molecule has 0 aliphatic heterocycles. The van der Waals surface area contributed by atoms with E-state index in [2.05, 4.69) is 37.8 Å². The summed E-state index contributed by atoms with van der Waals surface area (Å²) < 4.78 is 13.9. The highest BCUT2D eigenvalue weighted by atomic mass is 16.5. The molecule has 6 heteroatoms. The lowest BCUT2D eigenvalue weighted by atomic mass is 10.1. The summed E-state index contributed by atoms with van der Waals surface area (Å²) in [6, 6.07) is 18.5. The summed E-state index contributed by atoms with van der Waals surface area (Å²) >= 11 is 0. The number of aliphatic hydroxyl groups excluding tert-OH is 1. The molecule has 0 radical (unpaired) electrons. The maximum atomic E-state index is 10.7. The Bertz CT molecular complexity index is 1020. The largest absolute Gasteiger partial charge is 0.439 e. The van der Waals surface area contributed by atoms with Crippen molar-refractivity contribution in [3.63, 3.8) is 0 Å². The van der Waals surface area contributed by atoms with Gasteiger partial charge in [-0.15, -0.1) is 0 Å². The number of hydrogen-bond acceptors (Lipinski definition) is 5. The minimum absolute atomic E-state index is 0.0872. The molecule has 0 aliphatic carbocycles. The number of rotatable bonds is 12. The van der Waals surface area contributed by atoms with E-state index in [1.807, 2.05) is 68.0 Å². The van der Waals surface area contributed by atoms with Gasteiger partial charge in [0.2, 0.25) is 5.88 Å². The molecule has 2 aromatic carbocycles. The molecule has 3 rings (SSSR count). The first-order valence-electron chi connectivity index (χ1n) is 12.2. The normalized spacial score (nSPS) is 13.4. The number of ether oxygens (including phenoxy) is 2. The number of hydrogen-bond donors (Lipinski definition) is 1. The Kier molecular flexibility index (Phi) is 9.28. The van der Waals surface area contributed by atoms with Gasteiger partial charge in [-0.1, -0.05) is 55.0 Å². The first kappa shape index (κ1) is 25.9. The number of benzene rings is 2. The third-order valence-electron chi connectivity index (χ3n) is 6.01. The van der Waals surface area contributed by atoms with Crippen LogP contribution in [0.2, 0.25) is 0 Å². The molecule has 1 N–H and O–H groups in total. The molecule has 6 nitrogen and oxygen atoms in total. The third kappa shape index (κ3) is 6.92. The lowest BCUT2D eigenvalue weighted by molar-refractivity contribution is -0.0149. The van der Waals surface area contributed by atoms with E-state index in [1.165, 1.54) is 5.56 Å². The summed E-state index contributed by atoms with van der Waals surface area (Å²) in [7, 11) is 1.92. The quantitative estimate of drug-likeness (QED) is 0.379. The van der Waals surface area contributed by atoms with Gasteiger partial charge in [-0.25, -0.2) is 4.68 Å². The van der Waals surface area contributed by atoms with Crippen LogP contribution in [0.25, 0.3) is 11.3 Å². The van der Waals surface area contributed by atoms with Gasteiger partial charge in [0, 0.05) is 31.7 Å². The first-order valence-corrected chi connectivity index (χ1v) is 12.2. The monoisotopic (exact) mass is 465 g/mol. The molecule has 1 aromatic heterocycles. The van der Waals surface area contributed by atoms with Crippen molar-refractivity contribution < 1.29 is 14.6 Å². The van der Waals surface area contributed by atoms with Crippen LogP contribution < -0.4 is 4.74 Å². The van der Waals surface area contributed by atoms with E-state index in [9.17, 15) is 5.11 Å². The average Bonchev–Trinajstić information content (AvgIpc) is 3.13. The molecule has 0 spiro atoms. The smallest absolute Gasteiger partial charge is 0.222 e. The van der Waals surface area contributed by atoms with Gasteiger partial charge in [0.05, 0.1) is 24.4 Å². The van der Waals surface area contributed by atoms with Crippen LogP contribution >= 0.6 is 0 Å². The Labute approximate surface area is 204 Å². The fraction of sp³-hybridized carbons (Fsp3) is 0.464. The van der Waals surface area contributed by atoms with E-state index in [4.69, 9.17) is 14.6 Å². The maximum absolute atomic E-state index is 10.7. The van der Waals surface area contributed by atoms with Crippen molar-refractivity contribution in [2.24, 2.45) is 7.05 Å². The van der Waals surface area contributed by atoms with Crippen LogP contribution in [0.15, 0.2) is 54.6 Å². The number of aryl methyl sites for hydroxylation is 2. The standard InChI is InChI=1S/C28H39N3O3/c1-7-22(5)31(17-24(32)19-33-20(2)3)18-26-27(23-11-9-8-10-12-23)29-30(6)28(26)34-25-15-13-21(4)14-16-25/h8-16,20,22,24,32H,7,17-19H2,1-6H3/t22-,24+/m0/s1. The SMILES string of the molecule is CC[C@H](C)N(Cc1c(-c2ccccc2)nn(C)c1Oc1ccc(C)cc1)C[C@@H](O)COC(C)C. The van der Waals surface area contributed by atoms with Gasteiger partial charge in [0.1, 0.15) is 11.4 Å². The zero-order valence-electron chi connectivity index (χ0n) is 21.4. The van der Waals surface area contributed by atoms with E-state index in [-0.39, 0.29) is 12.1 Å². The van der Waals surface area contributed by atoms with Crippen LogP contribution in [0.3, 0.4) is 0 Å². The Morgan fingerprint density at radius 1 is 1.03 bits per heavy atom. The fourth-order valence-corrected chi connectivity index (χ4v) is 3.86. The van der Waals surface area contributed by atoms with Crippen molar-refractivity contribution in [3.05, 3.63) is 65.7 Å². The highest BCUT2D eigenvalue weighted by Gasteiger charge is 2.25. The molecule has 1 heterocycles. The number of aliphatic hydroxyl groups is 1. The second kappa shape index (κ2) is 12.2. The molecule has 184 valence electrons. The topological polar surface area (TPSA) is 59.8 Å². The zero-order chi connectivity index (χ0) is 24.7. The van der Waals surface area contributed by atoms with Crippen molar-refractivity contribution in [1.82, 2.24) is 14.7 Å². The molecular weight excluding hydrogens is 426 g/mol. The zero-order valence-corrected chi connectivity index (χ0v) is 21.4.